The van der Waals surface area contributed by atoms with Crippen molar-refractivity contribution >= 4 is 35.5 Å². The van der Waals surface area contributed by atoms with Gasteiger partial charge in [-0.15, -0.1) is 0 Å². The summed E-state index contributed by atoms with van der Waals surface area (Å²) >= 11 is 1.42. The third-order valence-electron chi connectivity index (χ3n) is 5.78. The third kappa shape index (κ3) is 10.5. The fourth-order valence-electron chi connectivity index (χ4n) is 3.55. The van der Waals surface area contributed by atoms with Gasteiger partial charge in [0.15, 0.2) is 0 Å². The zero-order valence-corrected chi connectivity index (χ0v) is 22.2. The van der Waals surface area contributed by atoms with Crippen molar-refractivity contribution in [2.24, 2.45) is 5.73 Å². The smallest absolute Gasteiger partial charge is 0.326 e. The van der Waals surface area contributed by atoms with E-state index < -0.39 is 54.5 Å². The van der Waals surface area contributed by atoms with Crippen LogP contribution in [0.15, 0.2) is 48.5 Å². The van der Waals surface area contributed by atoms with Gasteiger partial charge in [-0.05, 0) is 53.8 Å². The van der Waals surface area contributed by atoms with E-state index >= 15 is 0 Å². The lowest BCUT2D eigenvalue weighted by Crippen LogP contribution is -2.58. The van der Waals surface area contributed by atoms with E-state index in [1.165, 1.54) is 36.0 Å². The fraction of sp³-hybridized carbons (Fsp3) is 0.385. The van der Waals surface area contributed by atoms with Crippen LogP contribution in [0.25, 0.3) is 0 Å². The molecule has 212 valence electrons. The number of hydrogen-bond acceptors (Lipinski definition) is 9. The van der Waals surface area contributed by atoms with E-state index in [2.05, 4.69) is 16.0 Å². The molecule has 13 heteroatoms. The molecule has 4 unspecified atom stereocenters. The molecule has 0 bridgehead atoms. The lowest BCUT2D eigenvalue weighted by atomic mass is 10.0. The summed E-state index contributed by atoms with van der Waals surface area (Å²) in [6.45, 7) is -0.655. The van der Waals surface area contributed by atoms with Gasteiger partial charge in [0.2, 0.25) is 17.7 Å². The van der Waals surface area contributed by atoms with Crippen LogP contribution < -0.4 is 21.7 Å². The molecule has 0 aromatic heterocycles. The minimum absolute atomic E-state index is 0.00342. The van der Waals surface area contributed by atoms with Crippen LogP contribution in [0.2, 0.25) is 0 Å². The van der Waals surface area contributed by atoms with Gasteiger partial charge in [0.1, 0.15) is 35.7 Å². The second-order valence-corrected chi connectivity index (χ2v) is 9.82. The number of carbonyl (C=O) groups is 4. The Morgan fingerprint density at radius 1 is 0.769 bits per heavy atom. The minimum Gasteiger partial charge on any atom is -0.508 e. The summed E-state index contributed by atoms with van der Waals surface area (Å²) in [6.07, 6.45) is 1.90. The number of phenolic OH excluding ortho intramolecular Hbond substituents is 2. The van der Waals surface area contributed by atoms with Crippen molar-refractivity contribution in [3.8, 4) is 11.5 Å². The minimum atomic E-state index is -1.29. The molecule has 12 nitrogen and oxygen atoms in total. The lowest BCUT2D eigenvalue weighted by molar-refractivity contribution is -0.142. The number of aromatic hydroxyl groups is 2. The van der Waals surface area contributed by atoms with Gasteiger partial charge in [-0.25, -0.2) is 4.79 Å². The molecule has 9 N–H and O–H groups in total. The molecule has 2 aromatic rings. The molecule has 2 aromatic carbocycles. The maximum Gasteiger partial charge on any atom is 0.326 e. The molecule has 0 radical (unpaired) electrons. The number of hydrogen-bond donors (Lipinski definition) is 8. The molecule has 0 fully saturated rings. The molecular weight excluding hydrogens is 528 g/mol. The summed E-state index contributed by atoms with van der Waals surface area (Å²) in [6, 6.07) is 6.94. The van der Waals surface area contributed by atoms with Gasteiger partial charge in [0.25, 0.3) is 0 Å². The number of rotatable bonds is 15. The zero-order valence-electron chi connectivity index (χ0n) is 21.4. The fourth-order valence-corrected chi connectivity index (χ4v) is 4.02. The predicted octanol–water partition coefficient (Wildman–Crippen LogP) is -0.505. The lowest BCUT2D eigenvalue weighted by Gasteiger charge is -2.25. The predicted molar refractivity (Wildman–Crippen MR) is 145 cm³/mol. The molecule has 0 saturated carbocycles. The van der Waals surface area contributed by atoms with Crippen LogP contribution in [0.3, 0.4) is 0 Å². The summed E-state index contributed by atoms with van der Waals surface area (Å²) in [7, 11) is 0. The largest absolute Gasteiger partial charge is 0.508 e. The molecule has 0 saturated heterocycles. The standard InChI is InChI=1S/C26H34N4O8S/c1-39-11-10-20(26(37)38)28-24(35)22(13-16-4-8-18(33)9-5-16)30-25(36)21(29-23(34)19(27)14-31)12-15-2-6-17(32)7-3-15/h2-9,19-22,31-33H,10-14,27H2,1H3,(H,28,35)(H,29,34)(H,30,36)(H,37,38). The summed E-state index contributed by atoms with van der Waals surface area (Å²) in [5, 5.41) is 45.5. The normalized spacial score (nSPS) is 13.9. The van der Waals surface area contributed by atoms with Crippen molar-refractivity contribution < 1.29 is 39.6 Å². The van der Waals surface area contributed by atoms with Gasteiger partial charge in [-0.2, -0.15) is 11.8 Å². The highest BCUT2D eigenvalue weighted by molar-refractivity contribution is 7.98. The molecule has 0 spiro atoms. The van der Waals surface area contributed by atoms with E-state index in [9.17, 15) is 39.6 Å². The van der Waals surface area contributed by atoms with Crippen molar-refractivity contribution in [1.29, 1.82) is 0 Å². The van der Waals surface area contributed by atoms with Crippen molar-refractivity contribution in [2.45, 2.75) is 43.4 Å². The Hall–Kier alpha value is -3.81. The number of nitrogens with one attached hydrogen (secondary N) is 3. The number of benzene rings is 2. The molecule has 39 heavy (non-hydrogen) atoms. The van der Waals surface area contributed by atoms with Crippen LogP contribution >= 0.6 is 11.8 Å². The van der Waals surface area contributed by atoms with Crippen molar-refractivity contribution in [1.82, 2.24) is 16.0 Å². The van der Waals surface area contributed by atoms with E-state index in [-0.39, 0.29) is 30.8 Å². The van der Waals surface area contributed by atoms with Gasteiger partial charge < -0.3 is 42.1 Å². The number of carboxylic acid groups (broad SMARTS) is 1. The van der Waals surface area contributed by atoms with Gasteiger partial charge in [-0.1, -0.05) is 24.3 Å². The SMILES string of the molecule is CSCCC(NC(=O)C(Cc1ccc(O)cc1)NC(=O)C(Cc1ccc(O)cc1)NC(=O)C(N)CO)C(=O)O. The molecule has 0 aliphatic heterocycles. The number of nitrogens with two attached hydrogens (primary N) is 1. The Kier molecular flexibility index (Phi) is 12.5. The van der Waals surface area contributed by atoms with Crippen LogP contribution in [-0.4, -0.2) is 86.9 Å². The van der Waals surface area contributed by atoms with E-state index in [0.29, 0.717) is 16.9 Å². The number of phenols is 2. The average molecular weight is 563 g/mol. The quantitative estimate of drug-likeness (QED) is 0.139. The molecule has 4 atom stereocenters. The summed E-state index contributed by atoms with van der Waals surface area (Å²) in [5.74, 6) is -3.02. The van der Waals surface area contributed by atoms with Crippen molar-refractivity contribution in [3.63, 3.8) is 0 Å². The second-order valence-electron chi connectivity index (χ2n) is 8.83. The second kappa shape index (κ2) is 15.6. The van der Waals surface area contributed by atoms with Gasteiger partial charge in [0, 0.05) is 12.8 Å². The van der Waals surface area contributed by atoms with Crippen LogP contribution in [0.1, 0.15) is 17.5 Å². The number of aliphatic hydroxyl groups is 1. The highest BCUT2D eigenvalue weighted by Gasteiger charge is 2.30. The Morgan fingerprint density at radius 2 is 1.18 bits per heavy atom. The molecule has 3 amide bonds. The van der Waals surface area contributed by atoms with E-state index in [4.69, 9.17) is 5.73 Å². The Morgan fingerprint density at radius 3 is 1.56 bits per heavy atom. The van der Waals surface area contributed by atoms with E-state index in [1.54, 1.807) is 30.5 Å². The number of aliphatic carboxylic acids is 1. The highest BCUT2D eigenvalue weighted by Crippen LogP contribution is 2.14. The first kappa shape index (κ1) is 31.4. The number of carbonyl (C=O) groups excluding carboxylic acids is 3. The molecule has 2 rings (SSSR count). The summed E-state index contributed by atoms with van der Waals surface area (Å²) in [5.41, 5.74) is 6.75. The van der Waals surface area contributed by atoms with Gasteiger partial charge >= 0.3 is 5.97 Å². The van der Waals surface area contributed by atoms with Crippen molar-refractivity contribution in [3.05, 3.63) is 59.7 Å². The number of amides is 3. The van der Waals surface area contributed by atoms with E-state index in [0.717, 1.165) is 0 Å². The summed E-state index contributed by atoms with van der Waals surface area (Å²) < 4.78 is 0. The Bertz CT molecular complexity index is 1110. The zero-order chi connectivity index (χ0) is 28.9. The first-order valence-electron chi connectivity index (χ1n) is 12.1. The molecule has 0 heterocycles. The Labute approximate surface area is 230 Å². The maximum absolute atomic E-state index is 13.4. The van der Waals surface area contributed by atoms with Crippen LogP contribution in [0.4, 0.5) is 0 Å². The Balaban J connectivity index is 2.31. The monoisotopic (exact) mass is 562 g/mol. The van der Waals surface area contributed by atoms with Crippen molar-refractivity contribution in [2.75, 3.05) is 18.6 Å². The molecular formula is C26H34N4O8S. The van der Waals surface area contributed by atoms with E-state index in [1.807, 2.05) is 0 Å². The number of thioether (sulfide) groups is 1. The third-order valence-corrected chi connectivity index (χ3v) is 6.42. The van der Waals surface area contributed by atoms with Gasteiger partial charge in [-0.3, -0.25) is 14.4 Å². The first-order valence-corrected chi connectivity index (χ1v) is 13.5. The number of aliphatic hydroxyl groups excluding tert-OH is 1. The van der Waals surface area contributed by atoms with Crippen LogP contribution in [-0.2, 0) is 32.0 Å². The average Bonchev–Trinajstić information content (AvgIpc) is 2.91. The maximum atomic E-state index is 13.4. The highest BCUT2D eigenvalue weighted by atomic mass is 32.2. The van der Waals surface area contributed by atoms with Crippen LogP contribution in [0.5, 0.6) is 11.5 Å². The topological polar surface area (TPSA) is 211 Å². The number of carboxylic acids is 1. The summed E-state index contributed by atoms with van der Waals surface area (Å²) in [4.78, 5) is 50.7. The first-order chi connectivity index (χ1) is 18.5. The van der Waals surface area contributed by atoms with Gasteiger partial charge in [0.05, 0.1) is 6.61 Å². The van der Waals surface area contributed by atoms with Crippen LogP contribution in [0, 0.1) is 0 Å². The molecule has 0 aliphatic carbocycles. The molecule has 0 aliphatic rings.